The second kappa shape index (κ2) is 5.42. The van der Waals surface area contributed by atoms with E-state index in [-0.39, 0.29) is 11.9 Å². The van der Waals surface area contributed by atoms with Gasteiger partial charge in [0.1, 0.15) is 0 Å². The Hall–Kier alpha value is -1.20. The first-order valence-electron chi connectivity index (χ1n) is 5.82. The quantitative estimate of drug-likeness (QED) is 0.855. The van der Waals surface area contributed by atoms with Crippen LogP contribution in [-0.2, 0) is 11.3 Å². The van der Waals surface area contributed by atoms with Crippen molar-refractivity contribution in [2.45, 2.75) is 19.0 Å². The Kier molecular flexibility index (Phi) is 3.91. The van der Waals surface area contributed by atoms with E-state index in [0.29, 0.717) is 24.5 Å². The fourth-order valence-electron chi connectivity index (χ4n) is 2.04. The Morgan fingerprint density at radius 3 is 3.12 bits per heavy atom. The van der Waals surface area contributed by atoms with Crippen LogP contribution in [0.4, 0.5) is 10.2 Å². The van der Waals surface area contributed by atoms with Crippen LogP contribution in [0.1, 0.15) is 12.0 Å². The summed E-state index contributed by atoms with van der Waals surface area (Å²) in [6, 6.07) is 1.93. The van der Waals surface area contributed by atoms with Crippen molar-refractivity contribution in [1.29, 1.82) is 0 Å². The molecule has 0 aliphatic carbocycles. The van der Waals surface area contributed by atoms with Crippen LogP contribution in [0, 0.1) is 5.82 Å². The molecule has 1 N–H and O–H groups in total. The summed E-state index contributed by atoms with van der Waals surface area (Å²) in [5.41, 5.74) is 0.642. The second-order valence-corrected chi connectivity index (χ2v) is 4.27. The lowest BCUT2D eigenvalue weighted by Crippen LogP contribution is -2.33. The van der Waals surface area contributed by atoms with Gasteiger partial charge in [-0.15, -0.1) is 0 Å². The van der Waals surface area contributed by atoms with E-state index in [1.54, 1.807) is 19.3 Å². The maximum atomic E-state index is 14.2. The Morgan fingerprint density at radius 2 is 2.47 bits per heavy atom. The Morgan fingerprint density at radius 1 is 1.65 bits per heavy atom. The van der Waals surface area contributed by atoms with Crippen LogP contribution < -0.4 is 10.2 Å². The zero-order valence-electron chi connectivity index (χ0n) is 10.2. The van der Waals surface area contributed by atoms with E-state index in [4.69, 9.17) is 4.74 Å². The number of nitrogens with one attached hydrogen (secondary N) is 1. The molecule has 1 aromatic rings. The summed E-state index contributed by atoms with van der Waals surface area (Å²) in [4.78, 5) is 6.01. The van der Waals surface area contributed by atoms with Crippen molar-refractivity contribution in [3.63, 3.8) is 0 Å². The number of ether oxygens (including phenoxy) is 1. The van der Waals surface area contributed by atoms with Gasteiger partial charge in [-0.1, -0.05) is 0 Å². The van der Waals surface area contributed by atoms with Crippen LogP contribution in [0.15, 0.2) is 12.3 Å². The molecule has 1 aromatic heterocycles. The normalized spacial score (nSPS) is 19.6. The van der Waals surface area contributed by atoms with Gasteiger partial charge in [-0.05, 0) is 19.5 Å². The summed E-state index contributed by atoms with van der Waals surface area (Å²) in [5, 5.41) is 2.95. The number of aromatic nitrogens is 1. The largest absolute Gasteiger partial charge is 0.379 e. The topological polar surface area (TPSA) is 37.4 Å². The summed E-state index contributed by atoms with van der Waals surface area (Å²) in [6.07, 6.45) is 2.57. The number of rotatable bonds is 4. The van der Waals surface area contributed by atoms with E-state index in [1.807, 2.05) is 11.9 Å². The van der Waals surface area contributed by atoms with Crippen molar-refractivity contribution in [1.82, 2.24) is 10.3 Å². The summed E-state index contributed by atoms with van der Waals surface area (Å²) >= 11 is 0. The summed E-state index contributed by atoms with van der Waals surface area (Å²) in [7, 11) is 3.67. The third-order valence-electron chi connectivity index (χ3n) is 3.11. The van der Waals surface area contributed by atoms with Crippen molar-refractivity contribution in [2.75, 3.05) is 32.2 Å². The highest BCUT2D eigenvalue weighted by molar-refractivity contribution is 5.43. The molecule has 1 unspecified atom stereocenters. The molecule has 5 heteroatoms. The van der Waals surface area contributed by atoms with Gasteiger partial charge in [-0.3, -0.25) is 0 Å². The molecule has 1 saturated heterocycles. The molecule has 0 bridgehead atoms. The summed E-state index contributed by atoms with van der Waals surface area (Å²) in [5.74, 6) is 0.171. The molecule has 2 rings (SSSR count). The van der Waals surface area contributed by atoms with Gasteiger partial charge in [0.15, 0.2) is 11.6 Å². The number of likely N-dealkylation sites (N-methyl/N-ethyl adjacent to an activating group) is 1. The summed E-state index contributed by atoms with van der Waals surface area (Å²) in [6.45, 7) is 1.90. The van der Waals surface area contributed by atoms with Gasteiger partial charge in [0.05, 0.1) is 12.6 Å². The van der Waals surface area contributed by atoms with Crippen molar-refractivity contribution < 1.29 is 9.13 Å². The predicted octanol–water partition coefficient (Wildman–Crippen LogP) is 1.17. The Bertz CT molecular complexity index is 380. The minimum atomic E-state index is -0.240. The van der Waals surface area contributed by atoms with E-state index in [0.717, 1.165) is 13.0 Å². The van der Waals surface area contributed by atoms with E-state index in [1.165, 1.54) is 0 Å². The number of hydrogen-bond donors (Lipinski definition) is 1. The molecular formula is C12H18FN3O. The molecule has 0 saturated carbocycles. The highest BCUT2D eigenvalue weighted by atomic mass is 19.1. The van der Waals surface area contributed by atoms with E-state index < -0.39 is 0 Å². The number of pyridine rings is 1. The second-order valence-electron chi connectivity index (χ2n) is 4.27. The lowest BCUT2D eigenvalue weighted by Gasteiger charge is -2.25. The van der Waals surface area contributed by atoms with Gasteiger partial charge < -0.3 is 15.0 Å². The van der Waals surface area contributed by atoms with E-state index >= 15 is 0 Å². The van der Waals surface area contributed by atoms with Crippen molar-refractivity contribution in [2.24, 2.45) is 0 Å². The van der Waals surface area contributed by atoms with Crippen LogP contribution >= 0.6 is 0 Å². The average molecular weight is 239 g/mol. The average Bonchev–Trinajstić information content (AvgIpc) is 2.85. The number of anilines is 1. The predicted molar refractivity (Wildman–Crippen MR) is 64.6 cm³/mol. The molecule has 1 aliphatic rings. The van der Waals surface area contributed by atoms with Crippen LogP contribution in [0.3, 0.4) is 0 Å². The molecule has 94 valence electrons. The molecule has 0 amide bonds. The van der Waals surface area contributed by atoms with Gasteiger partial charge in [0.2, 0.25) is 0 Å². The Labute approximate surface area is 101 Å². The van der Waals surface area contributed by atoms with E-state index in [2.05, 4.69) is 10.3 Å². The molecule has 0 aromatic carbocycles. The molecular weight excluding hydrogens is 221 g/mol. The fourth-order valence-corrected chi connectivity index (χ4v) is 2.04. The third-order valence-corrected chi connectivity index (χ3v) is 3.11. The zero-order chi connectivity index (χ0) is 12.3. The highest BCUT2D eigenvalue weighted by Crippen LogP contribution is 2.23. The molecule has 2 heterocycles. The van der Waals surface area contributed by atoms with Crippen LogP contribution in [0.25, 0.3) is 0 Å². The minimum Gasteiger partial charge on any atom is -0.379 e. The van der Waals surface area contributed by atoms with Gasteiger partial charge in [-0.2, -0.15) is 0 Å². The maximum Gasteiger partial charge on any atom is 0.170 e. The lowest BCUT2D eigenvalue weighted by atomic mass is 10.2. The minimum absolute atomic E-state index is 0.224. The molecule has 1 fully saturated rings. The van der Waals surface area contributed by atoms with Crippen molar-refractivity contribution in [3.05, 3.63) is 23.6 Å². The first kappa shape index (κ1) is 12.3. The first-order valence-corrected chi connectivity index (χ1v) is 5.82. The fraction of sp³-hybridized carbons (Fsp3) is 0.583. The molecule has 0 spiro atoms. The molecule has 17 heavy (non-hydrogen) atoms. The monoisotopic (exact) mass is 239 g/mol. The number of nitrogens with zero attached hydrogens (tertiary/aromatic N) is 2. The lowest BCUT2D eigenvalue weighted by molar-refractivity contribution is 0.193. The number of hydrogen-bond acceptors (Lipinski definition) is 4. The van der Waals surface area contributed by atoms with Crippen LogP contribution in [0.5, 0.6) is 0 Å². The molecule has 0 radical (unpaired) electrons. The van der Waals surface area contributed by atoms with Crippen molar-refractivity contribution in [3.8, 4) is 0 Å². The highest BCUT2D eigenvalue weighted by Gasteiger charge is 2.24. The SMILES string of the molecule is CNCc1ccnc(N(C)C2CCOC2)c1F. The molecule has 1 atom stereocenters. The maximum absolute atomic E-state index is 14.2. The molecule has 1 aliphatic heterocycles. The zero-order valence-corrected chi connectivity index (χ0v) is 10.2. The van der Waals surface area contributed by atoms with Crippen LogP contribution in [0.2, 0.25) is 0 Å². The smallest absolute Gasteiger partial charge is 0.170 e. The number of halogens is 1. The van der Waals surface area contributed by atoms with Gasteiger partial charge in [0.25, 0.3) is 0 Å². The van der Waals surface area contributed by atoms with E-state index in [9.17, 15) is 4.39 Å². The summed E-state index contributed by atoms with van der Waals surface area (Å²) < 4.78 is 19.5. The standard InChI is InChI=1S/C12H18FN3O/c1-14-7-9-3-5-15-12(11(9)13)16(2)10-4-6-17-8-10/h3,5,10,14H,4,6-8H2,1-2H3. The van der Waals surface area contributed by atoms with Gasteiger partial charge in [-0.25, -0.2) is 9.37 Å². The Balaban J connectivity index is 2.21. The van der Waals surface area contributed by atoms with Crippen molar-refractivity contribution >= 4 is 5.82 Å². The van der Waals surface area contributed by atoms with Gasteiger partial charge in [0, 0.05) is 32.0 Å². The first-order chi connectivity index (χ1) is 8.24. The van der Waals surface area contributed by atoms with Crippen LogP contribution in [-0.4, -0.2) is 38.3 Å². The third kappa shape index (κ3) is 2.56. The molecule has 4 nitrogen and oxygen atoms in total. The van der Waals surface area contributed by atoms with Gasteiger partial charge >= 0.3 is 0 Å².